The molecule has 2 heterocycles. The molecule has 0 radical (unpaired) electrons. The van der Waals surface area contributed by atoms with E-state index in [9.17, 15) is 18.5 Å². The summed E-state index contributed by atoms with van der Waals surface area (Å²) >= 11 is 0. The van der Waals surface area contributed by atoms with Gasteiger partial charge in [0.1, 0.15) is 5.82 Å². The van der Waals surface area contributed by atoms with Gasteiger partial charge >= 0.3 is 7.12 Å². The Kier molecular flexibility index (Phi) is 6.00. The van der Waals surface area contributed by atoms with E-state index in [2.05, 4.69) is 10.0 Å². The Morgan fingerprint density at radius 1 is 1.09 bits per heavy atom. The third kappa shape index (κ3) is 4.75. The molecule has 4 N–H and O–H groups in total. The van der Waals surface area contributed by atoms with Gasteiger partial charge in [-0.2, -0.15) is 4.98 Å². The van der Waals surface area contributed by atoms with Gasteiger partial charge in [0.15, 0.2) is 0 Å². The smallest absolute Gasteiger partial charge is 0.423 e. The van der Waals surface area contributed by atoms with Gasteiger partial charge < -0.3 is 15.4 Å². The van der Waals surface area contributed by atoms with Gasteiger partial charge in [0, 0.05) is 23.2 Å². The topological polar surface area (TPSA) is 129 Å². The predicted octanol–water partition coefficient (Wildman–Crippen LogP) is 1.88. The zero-order chi connectivity index (χ0) is 24.7. The van der Waals surface area contributed by atoms with E-state index in [-0.39, 0.29) is 0 Å². The van der Waals surface area contributed by atoms with Gasteiger partial charge in [-0.3, -0.25) is 9.29 Å². The lowest BCUT2D eigenvalue weighted by Gasteiger charge is -2.15. The Morgan fingerprint density at radius 3 is 2.66 bits per heavy atom. The van der Waals surface area contributed by atoms with Gasteiger partial charge in [-0.1, -0.05) is 30.3 Å². The number of rotatable bonds is 7. The van der Waals surface area contributed by atoms with Crippen molar-refractivity contribution in [1.82, 2.24) is 14.5 Å². The lowest BCUT2D eigenvalue weighted by molar-refractivity contribution is 0.425. The normalized spacial score (nSPS) is 13.1. The van der Waals surface area contributed by atoms with Crippen molar-refractivity contribution >= 4 is 45.0 Å². The maximum absolute atomic E-state index is 11.8. The highest BCUT2D eigenvalue weighted by Gasteiger charge is 2.22. The van der Waals surface area contributed by atoms with Gasteiger partial charge in [0.05, 0.1) is 23.2 Å². The summed E-state index contributed by atoms with van der Waals surface area (Å²) in [6, 6.07) is 14.5. The number of fused-ring (bicyclic) bond motifs is 2. The Labute approximate surface area is 204 Å². The average molecular weight is 491 g/mol. The molecule has 2 aromatic carbocycles. The van der Waals surface area contributed by atoms with Crippen LogP contribution in [0.5, 0.6) is 0 Å². The fourth-order valence-electron chi connectivity index (χ4n) is 4.63. The number of aryl methyl sites for hydroxylation is 2. The molecule has 2 aromatic heterocycles. The summed E-state index contributed by atoms with van der Waals surface area (Å²) in [5, 5.41) is 23.1. The molecule has 1 aliphatic rings. The van der Waals surface area contributed by atoms with Crippen LogP contribution in [-0.4, -0.2) is 46.4 Å². The quantitative estimate of drug-likeness (QED) is 0.291. The maximum atomic E-state index is 11.8. The average Bonchev–Trinajstić information content (AvgIpc) is 3.41. The van der Waals surface area contributed by atoms with Crippen LogP contribution in [-0.2, 0) is 29.4 Å². The zero-order valence-corrected chi connectivity index (χ0v) is 20.3. The number of aromatic nitrogens is 3. The van der Waals surface area contributed by atoms with E-state index in [1.165, 1.54) is 0 Å². The van der Waals surface area contributed by atoms with E-state index in [1.807, 2.05) is 29.7 Å². The number of hydrogen-bond acceptors (Lipinski definition) is 7. The molecule has 0 saturated carbocycles. The maximum Gasteiger partial charge on any atom is 0.488 e. The number of anilines is 2. The Morgan fingerprint density at radius 2 is 1.89 bits per heavy atom. The fraction of sp³-hybridized carbons (Fsp3) is 0.250. The summed E-state index contributed by atoms with van der Waals surface area (Å²) < 4.78 is 28.2. The SMILES string of the molecule is Cc1cc2c(NS(C)(=O)=O)cccc2n1-c1nc2c(c(NCc3cccc(B(O)O)c3)n1)CCC2. The van der Waals surface area contributed by atoms with Crippen molar-refractivity contribution in [3.05, 3.63) is 71.0 Å². The van der Waals surface area contributed by atoms with Crippen molar-refractivity contribution in [2.45, 2.75) is 32.7 Å². The summed E-state index contributed by atoms with van der Waals surface area (Å²) in [5.74, 6) is 1.28. The molecule has 5 rings (SSSR count). The highest BCUT2D eigenvalue weighted by atomic mass is 32.2. The minimum Gasteiger partial charge on any atom is -0.423 e. The molecule has 0 saturated heterocycles. The van der Waals surface area contributed by atoms with E-state index < -0.39 is 17.1 Å². The van der Waals surface area contributed by atoms with Crippen LogP contribution in [0.2, 0.25) is 0 Å². The zero-order valence-electron chi connectivity index (χ0n) is 19.5. The summed E-state index contributed by atoms with van der Waals surface area (Å²) in [6.07, 6.45) is 3.89. The standard InChI is InChI=1S/C24H26BN5O4S/c1-15-12-19-21(29-35(2,33)34)10-5-11-22(19)30(15)24-27-20-9-4-8-18(20)23(28-24)26-14-16-6-3-7-17(13-16)25(31)32/h3,5-7,10-13,29,31-32H,4,8-9,14H2,1-2H3,(H,26,27,28). The second-order valence-corrected chi connectivity index (χ2v) is 10.6. The molecule has 4 aromatic rings. The monoisotopic (exact) mass is 491 g/mol. The van der Waals surface area contributed by atoms with E-state index in [0.717, 1.165) is 64.8 Å². The summed E-state index contributed by atoms with van der Waals surface area (Å²) in [6.45, 7) is 2.41. The van der Waals surface area contributed by atoms with Gasteiger partial charge in [-0.05, 0) is 55.4 Å². The summed E-state index contributed by atoms with van der Waals surface area (Å²) in [4.78, 5) is 9.75. The number of nitrogens with one attached hydrogen (secondary N) is 2. The highest BCUT2D eigenvalue weighted by molar-refractivity contribution is 7.92. The first kappa shape index (κ1) is 23.3. The minimum atomic E-state index is -3.43. The second-order valence-electron chi connectivity index (χ2n) is 8.86. The van der Waals surface area contributed by atoms with E-state index in [1.54, 1.807) is 30.3 Å². The van der Waals surface area contributed by atoms with Crippen LogP contribution < -0.4 is 15.5 Å². The van der Waals surface area contributed by atoms with Crippen molar-refractivity contribution in [1.29, 1.82) is 0 Å². The molecule has 0 fully saturated rings. The Hall–Kier alpha value is -3.41. The molecule has 0 atom stereocenters. The number of nitrogens with zero attached hydrogens (tertiary/aromatic N) is 3. The summed E-state index contributed by atoms with van der Waals surface area (Å²) in [5.41, 5.74) is 5.65. The lowest BCUT2D eigenvalue weighted by Crippen LogP contribution is -2.30. The van der Waals surface area contributed by atoms with Crippen LogP contribution in [0.15, 0.2) is 48.5 Å². The van der Waals surface area contributed by atoms with Crippen molar-refractivity contribution in [2.75, 3.05) is 16.3 Å². The van der Waals surface area contributed by atoms with Gasteiger partial charge in [0.2, 0.25) is 16.0 Å². The fourth-order valence-corrected chi connectivity index (χ4v) is 5.21. The molecule has 11 heteroatoms. The van der Waals surface area contributed by atoms with Crippen LogP contribution in [0.4, 0.5) is 11.5 Å². The van der Waals surface area contributed by atoms with Gasteiger partial charge in [-0.25, -0.2) is 13.4 Å². The predicted molar refractivity (Wildman–Crippen MR) is 138 cm³/mol. The highest BCUT2D eigenvalue weighted by Crippen LogP contribution is 2.32. The molecular weight excluding hydrogens is 465 g/mol. The largest absolute Gasteiger partial charge is 0.488 e. The van der Waals surface area contributed by atoms with Gasteiger partial charge in [-0.15, -0.1) is 0 Å². The molecular formula is C24H26BN5O4S. The third-order valence-corrected chi connectivity index (χ3v) is 6.75. The van der Waals surface area contributed by atoms with E-state index in [0.29, 0.717) is 23.6 Å². The Bertz CT molecular complexity index is 1530. The van der Waals surface area contributed by atoms with Crippen LogP contribution in [0, 0.1) is 6.92 Å². The number of hydrogen-bond donors (Lipinski definition) is 4. The molecule has 180 valence electrons. The lowest BCUT2D eigenvalue weighted by atomic mass is 9.79. The molecule has 0 spiro atoms. The van der Waals surface area contributed by atoms with Crippen LogP contribution in [0.25, 0.3) is 16.9 Å². The third-order valence-electron chi connectivity index (χ3n) is 6.16. The first-order valence-electron chi connectivity index (χ1n) is 11.4. The van der Waals surface area contributed by atoms with Gasteiger partial charge in [0.25, 0.3) is 0 Å². The van der Waals surface area contributed by atoms with Crippen molar-refractivity contribution < 1.29 is 18.5 Å². The molecule has 0 bridgehead atoms. The molecule has 35 heavy (non-hydrogen) atoms. The number of sulfonamides is 1. The summed E-state index contributed by atoms with van der Waals surface area (Å²) in [7, 11) is -4.94. The molecule has 0 unspecified atom stereocenters. The Balaban J connectivity index is 1.55. The van der Waals surface area contributed by atoms with Crippen LogP contribution in [0.1, 0.15) is 28.9 Å². The first-order valence-corrected chi connectivity index (χ1v) is 13.3. The van der Waals surface area contributed by atoms with Crippen molar-refractivity contribution in [3.63, 3.8) is 0 Å². The molecule has 1 aliphatic carbocycles. The van der Waals surface area contributed by atoms with E-state index in [4.69, 9.17) is 9.97 Å². The molecule has 0 aliphatic heterocycles. The van der Waals surface area contributed by atoms with Crippen LogP contribution >= 0.6 is 0 Å². The molecule has 0 amide bonds. The minimum absolute atomic E-state index is 0.436. The van der Waals surface area contributed by atoms with Crippen molar-refractivity contribution in [2.24, 2.45) is 0 Å². The van der Waals surface area contributed by atoms with E-state index >= 15 is 0 Å². The number of benzene rings is 2. The first-order chi connectivity index (χ1) is 16.7. The molecule has 9 nitrogen and oxygen atoms in total. The van der Waals surface area contributed by atoms with Crippen LogP contribution in [0.3, 0.4) is 0 Å². The van der Waals surface area contributed by atoms with Crippen molar-refractivity contribution in [3.8, 4) is 5.95 Å². The second kappa shape index (κ2) is 8.99.